The van der Waals surface area contributed by atoms with Crippen LogP contribution in [-0.4, -0.2) is 23.6 Å². The van der Waals surface area contributed by atoms with Crippen LogP contribution in [0.4, 0.5) is 0 Å². The van der Waals surface area contributed by atoms with Crippen LogP contribution in [0.3, 0.4) is 0 Å². The molecule has 0 amide bonds. The molecule has 18 heavy (non-hydrogen) atoms. The monoisotopic (exact) mass is 288 g/mol. The van der Waals surface area contributed by atoms with Crippen molar-refractivity contribution in [3.05, 3.63) is 34.6 Å². The number of halogens is 2. The summed E-state index contributed by atoms with van der Waals surface area (Å²) in [6, 6.07) is 1.82. The van der Waals surface area contributed by atoms with Gasteiger partial charge in [-0.2, -0.15) is 0 Å². The van der Waals surface area contributed by atoms with Gasteiger partial charge in [0.2, 0.25) is 0 Å². The molecule has 0 unspecified atom stereocenters. The van der Waals surface area contributed by atoms with E-state index < -0.39 is 0 Å². The zero-order chi connectivity index (χ0) is 13.5. The van der Waals surface area contributed by atoms with Crippen LogP contribution in [0, 0.1) is 0 Å². The Morgan fingerprint density at radius 3 is 2.72 bits per heavy atom. The van der Waals surface area contributed by atoms with Gasteiger partial charge in [-0.1, -0.05) is 29.3 Å². The van der Waals surface area contributed by atoms with Crippen molar-refractivity contribution in [2.24, 2.45) is 12.0 Å². The van der Waals surface area contributed by atoms with Crippen LogP contribution in [-0.2, 0) is 13.6 Å². The van der Waals surface area contributed by atoms with Crippen molar-refractivity contribution in [1.29, 1.82) is 0 Å². The fourth-order valence-corrected chi connectivity index (χ4v) is 1.83. The van der Waals surface area contributed by atoms with Gasteiger partial charge in [-0.05, 0) is 13.0 Å². The molecule has 1 aromatic heterocycles. The van der Waals surface area contributed by atoms with Crippen LogP contribution in [0.25, 0.3) is 0 Å². The van der Waals surface area contributed by atoms with E-state index in [2.05, 4.69) is 22.2 Å². The average molecular weight is 289 g/mol. The minimum Gasteiger partial charge on any atom is -0.357 e. The Kier molecular flexibility index (Phi) is 6.09. The van der Waals surface area contributed by atoms with E-state index in [0.717, 1.165) is 18.2 Å². The molecule has 4 nitrogen and oxygen atoms in total. The molecule has 0 aliphatic rings. The van der Waals surface area contributed by atoms with Crippen molar-refractivity contribution in [3.8, 4) is 0 Å². The Morgan fingerprint density at radius 2 is 2.22 bits per heavy atom. The van der Waals surface area contributed by atoms with Crippen molar-refractivity contribution < 1.29 is 0 Å². The van der Waals surface area contributed by atoms with Gasteiger partial charge in [-0.25, -0.2) is 4.99 Å². The Morgan fingerprint density at radius 1 is 1.50 bits per heavy atom. The Labute approximate surface area is 118 Å². The molecular formula is C12H18Cl2N4. The van der Waals surface area contributed by atoms with E-state index in [0.29, 0.717) is 23.3 Å². The van der Waals surface area contributed by atoms with E-state index in [1.54, 1.807) is 6.08 Å². The number of hydrogen-bond acceptors (Lipinski definition) is 1. The lowest BCUT2D eigenvalue weighted by Gasteiger charge is -2.09. The van der Waals surface area contributed by atoms with Crippen molar-refractivity contribution >= 4 is 29.2 Å². The normalized spacial score (nSPS) is 11.4. The smallest absolute Gasteiger partial charge is 0.191 e. The van der Waals surface area contributed by atoms with E-state index >= 15 is 0 Å². The van der Waals surface area contributed by atoms with Gasteiger partial charge in [-0.15, -0.1) is 6.58 Å². The van der Waals surface area contributed by atoms with Gasteiger partial charge in [0.15, 0.2) is 5.96 Å². The lowest BCUT2D eigenvalue weighted by molar-refractivity contribution is 0.803. The Balaban J connectivity index is 2.74. The number of aromatic nitrogens is 1. The van der Waals surface area contributed by atoms with Crippen molar-refractivity contribution in [2.75, 3.05) is 13.1 Å². The molecule has 0 radical (unpaired) electrons. The summed E-state index contributed by atoms with van der Waals surface area (Å²) in [6.07, 6.45) is 1.78. The SMILES string of the molecule is C=CCNC(=NCc1cc(Cl)c(Cl)n1C)NCC. The number of rotatable bonds is 5. The summed E-state index contributed by atoms with van der Waals surface area (Å²) in [7, 11) is 1.86. The van der Waals surface area contributed by atoms with Gasteiger partial charge in [0.05, 0.1) is 11.6 Å². The highest BCUT2D eigenvalue weighted by molar-refractivity contribution is 6.41. The van der Waals surface area contributed by atoms with Crippen molar-refractivity contribution in [1.82, 2.24) is 15.2 Å². The lowest BCUT2D eigenvalue weighted by atomic mass is 10.4. The Hall–Kier alpha value is -1.13. The van der Waals surface area contributed by atoms with Crippen LogP contribution < -0.4 is 10.6 Å². The number of aliphatic imine (C=N–C) groups is 1. The van der Waals surface area contributed by atoms with Crippen LogP contribution in [0.1, 0.15) is 12.6 Å². The fourth-order valence-electron chi connectivity index (χ4n) is 1.41. The molecule has 6 heteroatoms. The third-order valence-electron chi connectivity index (χ3n) is 2.37. The molecule has 1 heterocycles. The first-order valence-electron chi connectivity index (χ1n) is 5.72. The summed E-state index contributed by atoms with van der Waals surface area (Å²) in [5.41, 5.74) is 0.959. The topological polar surface area (TPSA) is 41.4 Å². The molecule has 1 aromatic rings. The minimum atomic E-state index is 0.509. The van der Waals surface area contributed by atoms with Crippen molar-refractivity contribution in [2.45, 2.75) is 13.5 Å². The highest BCUT2D eigenvalue weighted by Crippen LogP contribution is 2.25. The maximum atomic E-state index is 6.00. The van der Waals surface area contributed by atoms with Gasteiger partial charge in [-0.3, -0.25) is 0 Å². The number of guanidine groups is 1. The molecule has 0 aliphatic heterocycles. The number of hydrogen-bond donors (Lipinski definition) is 2. The second-order valence-electron chi connectivity index (χ2n) is 3.70. The lowest BCUT2D eigenvalue weighted by Crippen LogP contribution is -2.37. The molecular weight excluding hydrogens is 271 g/mol. The third kappa shape index (κ3) is 3.96. The van der Waals surface area contributed by atoms with Gasteiger partial charge < -0.3 is 15.2 Å². The zero-order valence-electron chi connectivity index (χ0n) is 10.6. The highest BCUT2D eigenvalue weighted by atomic mass is 35.5. The minimum absolute atomic E-state index is 0.509. The molecule has 100 valence electrons. The zero-order valence-corrected chi connectivity index (χ0v) is 12.1. The van der Waals surface area contributed by atoms with Crippen LogP contribution in [0.2, 0.25) is 10.2 Å². The van der Waals surface area contributed by atoms with Crippen LogP contribution in [0.15, 0.2) is 23.7 Å². The van der Waals surface area contributed by atoms with Crippen LogP contribution >= 0.6 is 23.2 Å². The molecule has 0 spiro atoms. The summed E-state index contributed by atoms with van der Waals surface area (Å²) in [5, 5.41) is 7.35. The molecule has 0 saturated carbocycles. The summed E-state index contributed by atoms with van der Waals surface area (Å²) in [4.78, 5) is 4.45. The maximum absolute atomic E-state index is 6.00. The van der Waals surface area contributed by atoms with Gasteiger partial charge in [0.25, 0.3) is 0 Å². The molecule has 0 atom stereocenters. The molecule has 2 N–H and O–H groups in total. The quantitative estimate of drug-likeness (QED) is 0.497. The molecule has 0 bridgehead atoms. The predicted octanol–water partition coefficient (Wildman–Crippen LogP) is 2.57. The summed E-state index contributed by atoms with van der Waals surface area (Å²) in [5.74, 6) is 0.742. The molecule has 0 aliphatic carbocycles. The highest BCUT2D eigenvalue weighted by Gasteiger charge is 2.08. The van der Waals surface area contributed by atoms with E-state index in [4.69, 9.17) is 23.2 Å². The number of nitrogens with zero attached hydrogens (tertiary/aromatic N) is 2. The van der Waals surface area contributed by atoms with Gasteiger partial charge in [0, 0.05) is 25.8 Å². The van der Waals surface area contributed by atoms with E-state index in [9.17, 15) is 0 Å². The molecule has 0 fully saturated rings. The first-order chi connectivity index (χ1) is 8.60. The summed E-state index contributed by atoms with van der Waals surface area (Å²) >= 11 is 11.9. The Bertz CT molecular complexity index is 438. The molecule has 1 rings (SSSR count). The molecule has 0 aromatic carbocycles. The van der Waals surface area contributed by atoms with E-state index in [1.807, 2.05) is 24.6 Å². The molecule has 0 saturated heterocycles. The van der Waals surface area contributed by atoms with E-state index in [-0.39, 0.29) is 0 Å². The maximum Gasteiger partial charge on any atom is 0.191 e. The second kappa shape index (κ2) is 7.34. The standard InChI is InChI=1S/C12H18Cl2N4/c1-4-6-16-12(15-5-2)17-8-9-7-10(13)11(14)18(9)3/h4,7H,1,5-6,8H2,2-3H3,(H2,15,16,17). The summed E-state index contributed by atoms with van der Waals surface area (Å²) < 4.78 is 1.82. The first-order valence-corrected chi connectivity index (χ1v) is 6.48. The fraction of sp³-hybridized carbons (Fsp3) is 0.417. The average Bonchev–Trinajstić information content (AvgIpc) is 2.60. The number of nitrogens with one attached hydrogen (secondary N) is 2. The largest absolute Gasteiger partial charge is 0.357 e. The first kappa shape index (κ1) is 14.9. The van der Waals surface area contributed by atoms with Gasteiger partial charge in [0.1, 0.15) is 5.15 Å². The van der Waals surface area contributed by atoms with Gasteiger partial charge >= 0.3 is 0 Å². The van der Waals surface area contributed by atoms with Crippen LogP contribution in [0.5, 0.6) is 0 Å². The third-order valence-corrected chi connectivity index (χ3v) is 3.21. The predicted molar refractivity (Wildman–Crippen MR) is 78.4 cm³/mol. The second-order valence-corrected chi connectivity index (χ2v) is 4.46. The summed E-state index contributed by atoms with van der Waals surface area (Å²) in [6.45, 7) is 7.65. The van der Waals surface area contributed by atoms with E-state index in [1.165, 1.54) is 0 Å². The van der Waals surface area contributed by atoms with Crippen molar-refractivity contribution in [3.63, 3.8) is 0 Å².